The minimum Gasteiger partial charge on any atom is -0.371 e. The molecule has 3 rings (SSSR count). The molecule has 23 heavy (non-hydrogen) atoms. The Morgan fingerprint density at radius 1 is 1.61 bits per heavy atom. The van der Waals surface area contributed by atoms with Crippen LogP contribution in [0.5, 0.6) is 0 Å². The van der Waals surface area contributed by atoms with E-state index in [1.54, 1.807) is 16.0 Å². The molecule has 0 fully saturated rings. The van der Waals surface area contributed by atoms with Crippen LogP contribution in [0.4, 0.5) is 10.5 Å². The van der Waals surface area contributed by atoms with Gasteiger partial charge in [-0.25, -0.2) is 4.79 Å². The van der Waals surface area contributed by atoms with Crippen LogP contribution < -0.4 is 10.6 Å². The highest BCUT2D eigenvalue weighted by molar-refractivity contribution is 7.10. The second-order valence-corrected chi connectivity index (χ2v) is 6.75. The van der Waals surface area contributed by atoms with Gasteiger partial charge in [0.25, 0.3) is 0 Å². The predicted octanol–water partition coefficient (Wildman–Crippen LogP) is 2.87. The minimum atomic E-state index is -0.230. The van der Waals surface area contributed by atoms with Gasteiger partial charge in [-0.3, -0.25) is 4.68 Å². The molecule has 0 saturated heterocycles. The lowest BCUT2D eigenvalue weighted by Gasteiger charge is -2.29. The van der Waals surface area contributed by atoms with Gasteiger partial charge in [0, 0.05) is 24.5 Å². The molecule has 1 aliphatic heterocycles. The Kier molecular flexibility index (Phi) is 4.68. The standard InChI is InChI=1S/C16H22N4O2S/c1-4-12-13(9-20(3)19-12)18-16(21)17-10(2)15-11-6-8-23-14(11)5-7-22-15/h6,8-10,15H,4-5,7H2,1-3H3,(H2,17,18,21)/t10-,15+/m1/s1. The number of amides is 2. The molecular formula is C16H22N4O2S. The number of hydrogen-bond acceptors (Lipinski definition) is 4. The summed E-state index contributed by atoms with van der Waals surface area (Å²) in [6.07, 6.45) is 3.46. The SMILES string of the molecule is CCc1nn(C)cc1NC(=O)N[C@H](C)[C@@H]1OCCc2sccc21. The number of rotatable bonds is 4. The third-order valence-corrected chi connectivity index (χ3v) is 5.01. The molecule has 0 saturated carbocycles. The fraction of sp³-hybridized carbons (Fsp3) is 0.500. The molecule has 0 aromatic carbocycles. The van der Waals surface area contributed by atoms with Crippen LogP contribution >= 0.6 is 11.3 Å². The van der Waals surface area contributed by atoms with Crippen LogP contribution in [0.3, 0.4) is 0 Å². The number of ether oxygens (including phenoxy) is 1. The normalized spacial score (nSPS) is 18.3. The summed E-state index contributed by atoms with van der Waals surface area (Å²) in [6.45, 7) is 4.69. The van der Waals surface area contributed by atoms with E-state index in [1.165, 1.54) is 10.4 Å². The number of fused-ring (bicyclic) bond motifs is 1. The third-order valence-electron chi connectivity index (χ3n) is 4.01. The van der Waals surface area contributed by atoms with E-state index in [0.717, 1.165) is 24.2 Å². The Balaban J connectivity index is 1.64. The summed E-state index contributed by atoms with van der Waals surface area (Å²) in [5.41, 5.74) is 2.83. The topological polar surface area (TPSA) is 68.2 Å². The Morgan fingerprint density at radius 2 is 2.43 bits per heavy atom. The van der Waals surface area contributed by atoms with Gasteiger partial charge in [0.05, 0.1) is 24.0 Å². The molecule has 2 atom stereocenters. The Morgan fingerprint density at radius 3 is 3.22 bits per heavy atom. The van der Waals surface area contributed by atoms with E-state index in [1.807, 2.05) is 27.1 Å². The number of carbonyl (C=O) groups is 1. The zero-order chi connectivity index (χ0) is 16.4. The average Bonchev–Trinajstić information content (AvgIpc) is 3.12. The summed E-state index contributed by atoms with van der Waals surface area (Å²) in [4.78, 5) is 13.6. The first kappa shape index (κ1) is 16.0. The Bertz CT molecular complexity index is 694. The number of hydrogen-bond donors (Lipinski definition) is 2. The smallest absolute Gasteiger partial charge is 0.319 e. The molecule has 2 aromatic rings. The maximum absolute atomic E-state index is 12.3. The van der Waals surface area contributed by atoms with Crippen molar-refractivity contribution in [2.24, 2.45) is 7.05 Å². The monoisotopic (exact) mass is 334 g/mol. The molecule has 124 valence electrons. The zero-order valence-corrected chi connectivity index (χ0v) is 14.4. The molecule has 6 nitrogen and oxygen atoms in total. The Labute approximate surface area is 139 Å². The van der Waals surface area contributed by atoms with E-state index < -0.39 is 0 Å². The van der Waals surface area contributed by atoms with E-state index >= 15 is 0 Å². The van der Waals surface area contributed by atoms with Crippen molar-refractivity contribution in [2.75, 3.05) is 11.9 Å². The number of nitrogens with one attached hydrogen (secondary N) is 2. The van der Waals surface area contributed by atoms with Gasteiger partial charge in [-0.2, -0.15) is 5.10 Å². The molecule has 2 amide bonds. The number of aromatic nitrogens is 2. The van der Waals surface area contributed by atoms with Crippen molar-refractivity contribution in [2.45, 2.75) is 38.8 Å². The fourth-order valence-electron chi connectivity index (χ4n) is 2.93. The number of anilines is 1. The van der Waals surface area contributed by atoms with Crippen LogP contribution in [0.25, 0.3) is 0 Å². The van der Waals surface area contributed by atoms with Gasteiger partial charge in [-0.1, -0.05) is 6.92 Å². The van der Waals surface area contributed by atoms with Gasteiger partial charge < -0.3 is 15.4 Å². The molecule has 7 heteroatoms. The van der Waals surface area contributed by atoms with Crippen molar-refractivity contribution in [3.8, 4) is 0 Å². The van der Waals surface area contributed by atoms with Gasteiger partial charge in [0.2, 0.25) is 0 Å². The first-order valence-corrected chi connectivity index (χ1v) is 8.74. The van der Waals surface area contributed by atoms with E-state index in [0.29, 0.717) is 6.61 Å². The third kappa shape index (κ3) is 3.40. The van der Waals surface area contributed by atoms with Crippen molar-refractivity contribution in [1.29, 1.82) is 0 Å². The summed E-state index contributed by atoms with van der Waals surface area (Å²) in [7, 11) is 1.85. The maximum Gasteiger partial charge on any atom is 0.319 e. The van der Waals surface area contributed by atoms with Gasteiger partial charge >= 0.3 is 6.03 Å². The summed E-state index contributed by atoms with van der Waals surface area (Å²) in [5, 5.41) is 12.3. The molecule has 2 aromatic heterocycles. The van der Waals surface area contributed by atoms with Crippen molar-refractivity contribution in [3.63, 3.8) is 0 Å². The first-order valence-electron chi connectivity index (χ1n) is 7.86. The number of carbonyl (C=O) groups excluding carboxylic acids is 1. The Hall–Kier alpha value is -1.86. The van der Waals surface area contributed by atoms with E-state index in [2.05, 4.69) is 27.2 Å². The number of thiophene rings is 1. The predicted molar refractivity (Wildman–Crippen MR) is 90.9 cm³/mol. The van der Waals surface area contributed by atoms with Crippen molar-refractivity contribution in [3.05, 3.63) is 33.8 Å². The van der Waals surface area contributed by atoms with Crippen LogP contribution in [0.1, 0.15) is 36.1 Å². The second-order valence-electron chi connectivity index (χ2n) is 5.74. The van der Waals surface area contributed by atoms with Gasteiger partial charge in [0.15, 0.2) is 0 Å². The van der Waals surface area contributed by atoms with Crippen LogP contribution in [-0.4, -0.2) is 28.5 Å². The number of nitrogens with zero attached hydrogens (tertiary/aromatic N) is 2. The highest BCUT2D eigenvalue weighted by Crippen LogP contribution is 2.33. The molecule has 0 spiro atoms. The molecule has 1 aliphatic rings. The largest absolute Gasteiger partial charge is 0.371 e. The fourth-order valence-corrected chi connectivity index (χ4v) is 3.83. The molecule has 0 unspecified atom stereocenters. The highest BCUT2D eigenvalue weighted by atomic mass is 32.1. The van der Waals surface area contributed by atoms with Crippen molar-refractivity contribution >= 4 is 23.1 Å². The van der Waals surface area contributed by atoms with Crippen LogP contribution in [0, 0.1) is 0 Å². The lowest BCUT2D eigenvalue weighted by Crippen LogP contribution is -2.41. The van der Waals surface area contributed by atoms with Crippen LogP contribution in [-0.2, 0) is 24.6 Å². The van der Waals surface area contributed by atoms with Crippen LogP contribution in [0.15, 0.2) is 17.6 Å². The number of urea groups is 1. The number of aryl methyl sites for hydroxylation is 2. The van der Waals surface area contributed by atoms with Crippen molar-refractivity contribution in [1.82, 2.24) is 15.1 Å². The molecule has 2 N–H and O–H groups in total. The minimum absolute atomic E-state index is 0.0877. The zero-order valence-electron chi connectivity index (χ0n) is 13.6. The first-order chi connectivity index (χ1) is 11.1. The van der Waals surface area contributed by atoms with Gasteiger partial charge in [-0.05, 0) is 30.4 Å². The van der Waals surface area contributed by atoms with Gasteiger partial charge in [-0.15, -0.1) is 11.3 Å². The lowest BCUT2D eigenvalue weighted by molar-refractivity contribution is 0.0238. The molecule has 0 radical (unpaired) electrons. The summed E-state index contributed by atoms with van der Waals surface area (Å²) < 4.78 is 7.58. The van der Waals surface area contributed by atoms with E-state index in [9.17, 15) is 4.79 Å². The van der Waals surface area contributed by atoms with E-state index in [4.69, 9.17) is 4.74 Å². The molecular weight excluding hydrogens is 312 g/mol. The maximum atomic E-state index is 12.3. The summed E-state index contributed by atoms with van der Waals surface area (Å²) in [5.74, 6) is 0. The van der Waals surface area contributed by atoms with Crippen molar-refractivity contribution < 1.29 is 9.53 Å². The average molecular weight is 334 g/mol. The van der Waals surface area contributed by atoms with E-state index in [-0.39, 0.29) is 18.2 Å². The molecule has 3 heterocycles. The quantitative estimate of drug-likeness (QED) is 0.903. The second kappa shape index (κ2) is 6.72. The highest BCUT2D eigenvalue weighted by Gasteiger charge is 2.28. The molecule has 0 aliphatic carbocycles. The lowest BCUT2D eigenvalue weighted by atomic mass is 10.0. The summed E-state index contributed by atoms with van der Waals surface area (Å²) in [6, 6.07) is 1.76. The van der Waals surface area contributed by atoms with Crippen LogP contribution in [0.2, 0.25) is 0 Å². The summed E-state index contributed by atoms with van der Waals surface area (Å²) >= 11 is 1.76. The molecule has 0 bridgehead atoms. The van der Waals surface area contributed by atoms with Gasteiger partial charge in [0.1, 0.15) is 6.10 Å².